The predicted octanol–water partition coefficient (Wildman–Crippen LogP) is 2.09. The van der Waals surface area contributed by atoms with Crippen LogP contribution < -0.4 is 5.73 Å². The van der Waals surface area contributed by atoms with Crippen LogP contribution in [0.4, 0.5) is 5.69 Å². The Morgan fingerprint density at radius 2 is 1.92 bits per heavy atom. The van der Waals surface area contributed by atoms with Gasteiger partial charge < -0.3 is 5.73 Å². The monoisotopic (exact) mass is 163 g/mol. The lowest BCUT2D eigenvalue weighted by Gasteiger charge is -2.08. The predicted molar refractivity (Wildman–Crippen MR) is 50.3 cm³/mol. The van der Waals surface area contributed by atoms with E-state index in [0.717, 1.165) is 11.1 Å². The minimum atomic E-state index is 0.0358. The van der Waals surface area contributed by atoms with E-state index in [1.165, 1.54) is 6.92 Å². The number of hydrogen-bond acceptors (Lipinski definition) is 2. The molecule has 0 heterocycles. The maximum atomic E-state index is 11.2. The summed E-state index contributed by atoms with van der Waals surface area (Å²) in [5, 5.41) is 0. The molecule has 0 unspecified atom stereocenters. The van der Waals surface area contributed by atoms with Gasteiger partial charge in [0.15, 0.2) is 5.78 Å². The smallest absolute Gasteiger partial charge is 0.162 e. The fraction of sp³-hybridized carbons (Fsp3) is 0.300. The first kappa shape index (κ1) is 8.78. The second-order valence-electron chi connectivity index (χ2n) is 3.03. The molecule has 0 bridgehead atoms. The zero-order chi connectivity index (χ0) is 9.30. The van der Waals surface area contributed by atoms with Gasteiger partial charge in [0.2, 0.25) is 0 Å². The molecule has 0 aromatic heterocycles. The minimum absolute atomic E-state index is 0.0358. The summed E-state index contributed by atoms with van der Waals surface area (Å²) in [6.45, 7) is 5.43. The molecule has 0 saturated carbocycles. The van der Waals surface area contributed by atoms with E-state index in [1.54, 1.807) is 6.07 Å². The molecule has 0 amide bonds. The molecule has 0 aliphatic rings. The number of anilines is 1. The Hall–Kier alpha value is -1.31. The largest absolute Gasteiger partial charge is 0.398 e. The number of rotatable bonds is 1. The van der Waals surface area contributed by atoms with Crippen molar-refractivity contribution < 1.29 is 4.79 Å². The molecule has 0 fully saturated rings. The minimum Gasteiger partial charge on any atom is -0.398 e. The maximum Gasteiger partial charge on any atom is 0.162 e. The molecule has 0 atom stereocenters. The number of ketones is 1. The molecular weight excluding hydrogens is 150 g/mol. The van der Waals surface area contributed by atoms with Gasteiger partial charge in [0, 0.05) is 11.3 Å². The Morgan fingerprint density at radius 1 is 1.33 bits per heavy atom. The van der Waals surface area contributed by atoms with Crippen molar-refractivity contribution in [3.8, 4) is 0 Å². The van der Waals surface area contributed by atoms with Crippen molar-refractivity contribution in [1.82, 2.24) is 0 Å². The van der Waals surface area contributed by atoms with Crippen LogP contribution in [0.3, 0.4) is 0 Å². The summed E-state index contributed by atoms with van der Waals surface area (Å²) in [6.07, 6.45) is 0. The quantitative estimate of drug-likeness (QED) is 0.509. The van der Waals surface area contributed by atoms with Gasteiger partial charge in [-0.05, 0) is 38.0 Å². The van der Waals surface area contributed by atoms with Crippen LogP contribution in [0.1, 0.15) is 28.4 Å². The Bertz CT molecular complexity index is 329. The van der Waals surface area contributed by atoms with Gasteiger partial charge in [-0.3, -0.25) is 4.79 Å². The molecule has 0 saturated heterocycles. The average molecular weight is 163 g/mol. The summed E-state index contributed by atoms with van der Waals surface area (Å²) in [6, 6.07) is 3.70. The molecule has 0 spiro atoms. The molecule has 64 valence electrons. The SMILES string of the molecule is CC(=O)c1c(N)ccc(C)c1C. The molecule has 0 aliphatic heterocycles. The van der Waals surface area contributed by atoms with E-state index in [0.29, 0.717) is 11.3 Å². The van der Waals surface area contributed by atoms with E-state index in [-0.39, 0.29) is 5.78 Å². The highest BCUT2D eigenvalue weighted by molar-refractivity contribution is 6.00. The van der Waals surface area contributed by atoms with Crippen LogP contribution in [0.15, 0.2) is 12.1 Å². The summed E-state index contributed by atoms with van der Waals surface area (Å²) >= 11 is 0. The number of hydrogen-bond donors (Lipinski definition) is 1. The second-order valence-corrected chi connectivity index (χ2v) is 3.03. The van der Waals surface area contributed by atoms with Crippen molar-refractivity contribution in [2.45, 2.75) is 20.8 Å². The molecule has 2 nitrogen and oxygen atoms in total. The summed E-state index contributed by atoms with van der Waals surface area (Å²) < 4.78 is 0. The summed E-state index contributed by atoms with van der Waals surface area (Å²) in [4.78, 5) is 11.2. The van der Waals surface area contributed by atoms with Crippen LogP contribution in [-0.4, -0.2) is 5.78 Å². The van der Waals surface area contributed by atoms with Crippen LogP contribution in [0.2, 0.25) is 0 Å². The van der Waals surface area contributed by atoms with Crippen molar-refractivity contribution in [3.05, 3.63) is 28.8 Å². The summed E-state index contributed by atoms with van der Waals surface area (Å²) in [5.41, 5.74) is 9.00. The Labute approximate surface area is 72.4 Å². The Kier molecular flexibility index (Phi) is 2.18. The highest BCUT2D eigenvalue weighted by Crippen LogP contribution is 2.20. The highest BCUT2D eigenvalue weighted by Gasteiger charge is 2.09. The van der Waals surface area contributed by atoms with Crippen LogP contribution in [0.25, 0.3) is 0 Å². The van der Waals surface area contributed by atoms with Gasteiger partial charge in [0.05, 0.1) is 0 Å². The highest BCUT2D eigenvalue weighted by atomic mass is 16.1. The van der Waals surface area contributed by atoms with Crippen LogP contribution in [-0.2, 0) is 0 Å². The third-order valence-electron chi connectivity index (χ3n) is 2.12. The summed E-state index contributed by atoms with van der Waals surface area (Å²) in [7, 11) is 0. The average Bonchev–Trinajstić information content (AvgIpc) is 1.97. The molecule has 0 aliphatic carbocycles. The molecule has 2 heteroatoms. The van der Waals surface area contributed by atoms with Crippen molar-refractivity contribution in [2.75, 3.05) is 5.73 Å². The number of nitrogens with two attached hydrogens (primary N) is 1. The fourth-order valence-electron chi connectivity index (χ4n) is 1.30. The number of carbonyl (C=O) groups excluding carboxylic acids is 1. The van der Waals surface area contributed by atoms with Crippen LogP contribution in [0, 0.1) is 13.8 Å². The number of aryl methyl sites for hydroxylation is 1. The van der Waals surface area contributed by atoms with Crippen molar-refractivity contribution in [3.63, 3.8) is 0 Å². The van der Waals surface area contributed by atoms with Crippen molar-refractivity contribution >= 4 is 11.5 Å². The molecule has 0 radical (unpaired) electrons. The van der Waals surface area contributed by atoms with E-state index in [9.17, 15) is 4.79 Å². The van der Waals surface area contributed by atoms with Gasteiger partial charge >= 0.3 is 0 Å². The van der Waals surface area contributed by atoms with Crippen LogP contribution in [0.5, 0.6) is 0 Å². The Balaban J connectivity index is 3.43. The van der Waals surface area contributed by atoms with Gasteiger partial charge in [-0.2, -0.15) is 0 Å². The standard InChI is InChI=1S/C10H13NO/c1-6-4-5-9(11)10(7(6)2)8(3)12/h4-5H,11H2,1-3H3. The first-order chi connectivity index (χ1) is 5.54. The third kappa shape index (κ3) is 1.33. The number of carbonyl (C=O) groups is 1. The molecule has 12 heavy (non-hydrogen) atoms. The number of benzene rings is 1. The number of nitrogen functional groups attached to an aromatic ring is 1. The molecular formula is C10H13NO. The van der Waals surface area contributed by atoms with Gasteiger partial charge in [-0.15, -0.1) is 0 Å². The van der Waals surface area contributed by atoms with Gasteiger partial charge in [-0.25, -0.2) is 0 Å². The summed E-state index contributed by atoms with van der Waals surface area (Å²) in [5.74, 6) is 0.0358. The van der Waals surface area contributed by atoms with Gasteiger partial charge in [0.1, 0.15) is 0 Å². The van der Waals surface area contributed by atoms with E-state index < -0.39 is 0 Å². The van der Waals surface area contributed by atoms with Gasteiger partial charge in [-0.1, -0.05) is 6.07 Å². The van der Waals surface area contributed by atoms with E-state index in [1.807, 2.05) is 19.9 Å². The first-order valence-corrected chi connectivity index (χ1v) is 3.90. The van der Waals surface area contributed by atoms with Gasteiger partial charge in [0.25, 0.3) is 0 Å². The van der Waals surface area contributed by atoms with Crippen molar-refractivity contribution in [2.24, 2.45) is 0 Å². The lowest BCUT2D eigenvalue weighted by Crippen LogP contribution is -2.03. The normalized spacial score (nSPS) is 9.92. The van der Waals surface area contributed by atoms with Crippen LogP contribution >= 0.6 is 0 Å². The lowest BCUT2D eigenvalue weighted by molar-refractivity contribution is 0.101. The Morgan fingerprint density at radius 3 is 2.33 bits per heavy atom. The number of Topliss-reactive ketones (excluding diaryl/α,β-unsaturated/α-hetero) is 1. The van der Waals surface area contributed by atoms with E-state index in [2.05, 4.69) is 0 Å². The molecule has 2 N–H and O–H groups in total. The molecule has 1 aromatic carbocycles. The van der Waals surface area contributed by atoms with E-state index in [4.69, 9.17) is 5.73 Å². The zero-order valence-electron chi connectivity index (χ0n) is 7.64. The van der Waals surface area contributed by atoms with Crippen molar-refractivity contribution in [1.29, 1.82) is 0 Å². The third-order valence-corrected chi connectivity index (χ3v) is 2.12. The van der Waals surface area contributed by atoms with E-state index >= 15 is 0 Å². The first-order valence-electron chi connectivity index (χ1n) is 3.90. The fourth-order valence-corrected chi connectivity index (χ4v) is 1.30. The lowest BCUT2D eigenvalue weighted by atomic mass is 9.99. The topological polar surface area (TPSA) is 43.1 Å². The zero-order valence-corrected chi connectivity index (χ0v) is 7.64. The molecule has 1 aromatic rings. The maximum absolute atomic E-state index is 11.2. The second kappa shape index (κ2) is 2.97. The molecule has 1 rings (SSSR count).